The summed E-state index contributed by atoms with van der Waals surface area (Å²) in [5.41, 5.74) is -1.25. The zero-order chi connectivity index (χ0) is 19.4. The molecule has 0 saturated carbocycles. The topological polar surface area (TPSA) is 149 Å². The molecule has 10 heteroatoms. The minimum absolute atomic E-state index is 0.126. The number of carboxylic acids is 4. The lowest BCUT2D eigenvalue weighted by Crippen LogP contribution is -2.09. The van der Waals surface area contributed by atoms with Gasteiger partial charge >= 0.3 is 23.9 Å². The van der Waals surface area contributed by atoms with E-state index in [2.05, 4.69) is 0 Å². The highest BCUT2D eigenvalue weighted by Crippen LogP contribution is 2.41. The second kappa shape index (κ2) is 7.93. The molecule has 8 nitrogen and oxygen atoms in total. The van der Waals surface area contributed by atoms with Crippen LogP contribution in [0.15, 0.2) is 46.2 Å². The largest absolute Gasteiger partial charge is 0.478 e. The van der Waals surface area contributed by atoms with Crippen LogP contribution in [0.25, 0.3) is 0 Å². The Hall–Kier alpha value is -2.98. The molecule has 0 aliphatic heterocycles. The molecule has 0 saturated heterocycles. The van der Waals surface area contributed by atoms with Gasteiger partial charge in [-0.3, -0.25) is 0 Å². The van der Waals surface area contributed by atoms with Gasteiger partial charge in [-0.15, -0.1) is 0 Å². The molecule has 0 aromatic heterocycles. The molecule has 0 heterocycles. The standard InChI is InChI=1S/C16H10O8S2/c17-13(18)7-4-5-10(9(6-7)15(21)22)25-26-11-3-1-2-8(14(19)20)12(11)16(23)24/h1-6H,(H,17,18)(H,19,20)(H,21,22)(H,23,24). The van der Waals surface area contributed by atoms with Gasteiger partial charge in [-0.1, -0.05) is 27.7 Å². The maximum Gasteiger partial charge on any atom is 0.337 e. The smallest absolute Gasteiger partial charge is 0.337 e. The summed E-state index contributed by atoms with van der Waals surface area (Å²) >= 11 is 0. The maximum atomic E-state index is 11.4. The zero-order valence-corrected chi connectivity index (χ0v) is 14.3. The number of carbonyl (C=O) groups is 4. The zero-order valence-electron chi connectivity index (χ0n) is 12.7. The summed E-state index contributed by atoms with van der Waals surface area (Å²) in [4.78, 5) is 45.2. The van der Waals surface area contributed by atoms with E-state index in [0.717, 1.165) is 33.7 Å². The average Bonchev–Trinajstić information content (AvgIpc) is 2.58. The van der Waals surface area contributed by atoms with E-state index in [1.54, 1.807) is 0 Å². The second-order valence-electron chi connectivity index (χ2n) is 4.78. The summed E-state index contributed by atoms with van der Waals surface area (Å²) in [5, 5.41) is 36.6. The van der Waals surface area contributed by atoms with Crippen LogP contribution in [0.2, 0.25) is 0 Å². The summed E-state index contributed by atoms with van der Waals surface area (Å²) in [6.45, 7) is 0. The fourth-order valence-electron chi connectivity index (χ4n) is 1.99. The molecule has 2 aromatic carbocycles. The molecule has 2 aromatic rings. The van der Waals surface area contributed by atoms with Crippen molar-refractivity contribution in [2.75, 3.05) is 0 Å². The molecule has 26 heavy (non-hydrogen) atoms. The van der Waals surface area contributed by atoms with Crippen LogP contribution in [0.3, 0.4) is 0 Å². The van der Waals surface area contributed by atoms with Gasteiger partial charge in [0.2, 0.25) is 0 Å². The molecule has 2 rings (SSSR count). The van der Waals surface area contributed by atoms with Crippen molar-refractivity contribution in [2.24, 2.45) is 0 Å². The van der Waals surface area contributed by atoms with E-state index in [-0.39, 0.29) is 26.5 Å². The Bertz CT molecular complexity index is 922. The first-order valence-electron chi connectivity index (χ1n) is 6.77. The lowest BCUT2D eigenvalue weighted by atomic mass is 10.1. The predicted molar refractivity (Wildman–Crippen MR) is 92.4 cm³/mol. The van der Waals surface area contributed by atoms with E-state index >= 15 is 0 Å². The molecular weight excluding hydrogens is 384 g/mol. The Kier molecular flexibility index (Phi) is 5.90. The Balaban J connectivity index is 2.39. The number of hydrogen-bond acceptors (Lipinski definition) is 6. The number of carboxylic acid groups (broad SMARTS) is 4. The number of hydrogen-bond donors (Lipinski definition) is 4. The Morgan fingerprint density at radius 3 is 1.81 bits per heavy atom. The molecule has 0 aliphatic rings. The van der Waals surface area contributed by atoms with Crippen LogP contribution in [-0.4, -0.2) is 44.3 Å². The quantitative estimate of drug-likeness (QED) is 0.515. The van der Waals surface area contributed by atoms with Gasteiger partial charge in [0.25, 0.3) is 0 Å². The van der Waals surface area contributed by atoms with Gasteiger partial charge in [0.1, 0.15) is 0 Å². The third kappa shape index (κ3) is 4.16. The van der Waals surface area contributed by atoms with E-state index in [4.69, 9.17) is 10.2 Å². The van der Waals surface area contributed by atoms with Crippen molar-refractivity contribution in [3.05, 3.63) is 58.7 Å². The third-order valence-corrected chi connectivity index (χ3v) is 5.61. The molecule has 0 atom stereocenters. The number of aromatic carboxylic acids is 4. The van der Waals surface area contributed by atoms with Gasteiger partial charge < -0.3 is 20.4 Å². The van der Waals surface area contributed by atoms with Gasteiger partial charge in [-0.05, 0) is 30.3 Å². The summed E-state index contributed by atoms with van der Waals surface area (Å²) in [5.74, 6) is -5.44. The minimum atomic E-state index is -1.43. The summed E-state index contributed by atoms with van der Waals surface area (Å²) in [6.07, 6.45) is 0. The average molecular weight is 394 g/mol. The molecule has 0 fully saturated rings. The van der Waals surface area contributed by atoms with Crippen molar-refractivity contribution >= 4 is 45.5 Å². The summed E-state index contributed by atoms with van der Waals surface area (Å²) in [6, 6.07) is 7.46. The molecule has 134 valence electrons. The number of benzene rings is 2. The van der Waals surface area contributed by atoms with Crippen molar-refractivity contribution in [3.63, 3.8) is 0 Å². The van der Waals surface area contributed by atoms with Gasteiger partial charge in [0, 0.05) is 9.79 Å². The van der Waals surface area contributed by atoms with Gasteiger partial charge in [0.05, 0.1) is 22.3 Å². The van der Waals surface area contributed by atoms with Gasteiger partial charge in [-0.2, -0.15) is 0 Å². The Morgan fingerprint density at radius 2 is 1.27 bits per heavy atom. The van der Waals surface area contributed by atoms with Crippen molar-refractivity contribution in [1.82, 2.24) is 0 Å². The van der Waals surface area contributed by atoms with Crippen LogP contribution in [0.4, 0.5) is 0 Å². The predicted octanol–water partition coefficient (Wildman–Crippen LogP) is 3.28. The van der Waals surface area contributed by atoms with Crippen LogP contribution in [0.5, 0.6) is 0 Å². The molecule has 0 amide bonds. The number of rotatable bonds is 7. The van der Waals surface area contributed by atoms with Crippen LogP contribution < -0.4 is 0 Å². The van der Waals surface area contributed by atoms with Gasteiger partial charge in [-0.25, -0.2) is 19.2 Å². The van der Waals surface area contributed by atoms with E-state index in [1.165, 1.54) is 24.3 Å². The first-order chi connectivity index (χ1) is 12.2. The van der Waals surface area contributed by atoms with Crippen molar-refractivity contribution in [3.8, 4) is 0 Å². The highest BCUT2D eigenvalue weighted by molar-refractivity contribution is 8.76. The fraction of sp³-hybridized carbons (Fsp3) is 0. The molecular formula is C16H10O8S2. The molecule has 4 N–H and O–H groups in total. The van der Waals surface area contributed by atoms with E-state index in [0.29, 0.717) is 0 Å². The third-order valence-electron chi connectivity index (χ3n) is 3.15. The van der Waals surface area contributed by atoms with Crippen LogP contribution in [0.1, 0.15) is 41.4 Å². The van der Waals surface area contributed by atoms with Crippen LogP contribution >= 0.6 is 21.6 Å². The van der Waals surface area contributed by atoms with E-state index in [9.17, 15) is 29.4 Å². The van der Waals surface area contributed by atoms with Crippen LogP contribution in [-0.2, 0) is 0 Å². The van der Waals surface area contributed by atoms with Crippen molar-refractivity contribution in [2.45, 2.75) is 9.79 Å². The summed E-state index contributed by atoms with van der Waals surface area (Å²) < 4.78 is 0. The van der Waals surface area contributed by atoms with Crippen molar-refractivity contribution in [1.29, 1.82) is 0 Å². The first kappa shape index (κ1) is 19.3. The SMILES string of the molecule is O=C(O)c1ccc(SSc2cccc(C(=O)O)c2C(=O)O)c(C(=O)O)c1. The molecule has 0 aliphatic carbocycles. The Morgan fingerprint density at radius 1 is 0.654 bits per heavy atom. The lowest BCUT2D eigenvalue weighted by molar-refractivity contribution is 0.0648. The lowest BCUT2D eigenvalue weighted by Gasteiger charge is -2.10. The van der Waals surface area contributed by atoms with Crippen LogP contribution in [0, 0.1) is 0 Å². The second-order valence-corrected chi connectivity index (χ2v) is 6.99. The monoisotopic (exact) mass is 394 g/mol. The summed E-state index contributed by atoms with van der Waals surface area (Å²) in [7, 11) is 1.76. The highest BCUT2D eigenvalue weighted by atomic mass is 33.1. The molecule has 0 bridgehead atoms. The molecule has 0 spiro atoms. The maximum absolute atomic E-state index is 11.4. The Labute approximate surface area is 153 Å². The molecule has 0 radical (unpaired) electrons. The van der Waals surface area contributed by atoms with E-state index in [1.807, 2.05) is 0 Å². The minimum Gasteiger partial charge on any atom is -0.478 e. The normalized spacial score (nSPS) is 10.3. The highest BCUT2D eigenvalue weighted by Gasteiger charge is 2.21. The van der Waals surface area contributed by atoms with Gasteiger partial charge in [0.15, 0.2) is 0 Å². The first-order valence-corrected chi connectivity index (χ1v) is 8.92. The molecule has 0 unspecified atom stereocenters. The fourth-order valence-corrected chi connectivity index (χ4v) is 4.34. The van der Waals surface area contributed by atoms with E-state index < -0.39 is 29.4 Å². The van der Waals surface area contributed by atoms with Crippen molar-refractivity contribution < 1.29 is 39.6 Å².